The van der Waals surface area contributed by atoms with Gasteiger partial charge in [0.15, 0.2) is 0 Å². The Hall–Kier alpha value is -0.780. The molecule has 1 N–H and O–H groups in total. The fourth-order valence-electron chi connectivity index (χ4n) is 2.64. The highest BCUT2D eigenvalue weighted by Gasteiger charge is 2.30. The van der Waals surface area contributed by atoms with Crippen molar-refractivity contribution < 1.29 is 9.90 Å². The molecule has 0 radical (unpaired) electrons. The molecule has 0 bridgehead atoms. The highest BCUT2D eigenvalue weighted by molar-refractivity contribution is 14.1. The number of hydrogen-bond acceptors (Lipinski definition) is 2. The number of carbonyl (C=O) groups excluding carboxylic acids is 1. The van der Waals surface area contributed by atoms with E-state index in [9.17, 15) is 9.90 Å². The van der Waals surface area contributed by atoms with Crippen molar-refractivity contribution in [2.45, 2.75) is 45.2 Å². The number of likely N-dealkylation sites (tertiary alicyclic amines) is 1. The van der Waals surface area contributed by atoms with Gasteiger partial charge in [0.05, 0.1) is 5.56 Å². The summed E-state index contributed by atoms with van der Waals surface area (Å²) < 4.78 is 0.964. The fraction of sp³-hybridized carbons (Fsp3) is 0.500. The maximum atomic E-state index is 12.6. The Morgan fingerprint density at radius 1 is 1.33 bits per heavy atom. The molecule has 0 unspecified atom stereocenters. The minimum absolute atomic E-state index is 0.0503. The van der Waals surface area contributed by atoms with E-state index in [-0.39, 0.29) is 23.7 Å². The van der Waals surface area contributed by atoms with Gasteiger partial charge in [-0.15, -0.1) is 0 Å². The number of benzene rings is 1. The second-order valence-corrected chi connectivity index (χ2v) is 6.25. The predicted molar refractivity (Wildman–Crippen MR) is 79.8 cm³/mol. The molecule has 18 heavy (non-hydrogen) atoms. The van der Waals surface area contributed by atoms with E-state index in [1.807, 2.05) is 4.90 Å². The summed E-state index contributed by atoms with van der Waals surface area (Å²) in [5, 5.41) is 9.86. The summed E-state index contributed by atoms with van der Waals surface area (Å²) in [4.78, 5) is 14.5. The lowest BCUT2D eigenvalue weighted by atomic mass is 9.96. The number of halogens is 1. The third-order valence-electron chi connectivity index (χ3n) is 3.62. The van der Waals surface area contributed by atoms with Gasteiger partial charge in [0.25, 0.3) is 5.91 Å². The van der Waals surface area contributed by atoms with E-state index < -0.39 is 0 Å². The Labute approximate surface area is 121 Å². The normalized spacial score (nSPS) is 24.1. The van der Waals surface area contributed by atoms with E-state index in [0.717, 1.165) is 16.4 Å². The van der Waals surface area contributed by atoms with E-state index in [1.54, 1.807) is 18.2 Å². The van der Waals surface area contributed by atoms with Crippen LogP contribution in [-0.4, -0.2) is 28.0 Å². The van der Waals surface area contributed by atoms with E-state index in [2.05, 4.69) is 36.4 Å². The van der Waals surface area contributed by atoms with Crippen molar-refractivity contribution in [3.05, 3.63) is 27.3 Å². The lowest BCUT2D eigenvalue weighted by molar-refractivity contribution is 0.0508. The van der Waals surface area contributed by atoms with Crippen molar-refractivity contribution in [3.8, 4) is 5.75 Å². The van der Waals surface area contributed by atoms with Gasteiger partial charge in [-0.2, -0.15) is 0 Å². The molecule has 4 heteroatoms. The van der Waals surface area contributed by atoms with Crippen molar-refractivity contribution in [3.63, 3.8) is 0 Å². The van der Waals surface area contributed by atoms with Gasteiger partial charge in [0.2, 0.25) is 0 Å². The third kappa shape index (κ3) is 2.63. The first-order chi connectivity index (χ1) is 8.50. The second-order valence-electron chi connectivity index (χ2n) is 5.00. The summed E-state index contributed by atoms with van der Waals surface area (Å²) in [6.45, 7) is 4.16. The standard InChI is InChI=1S/C14H18INO2/c1-9-4-3-5-10(2)16(9)14(18)12-8-11(15)6-7-13(12)17/h6-10,17H,3-5H2,1-2H3/t9-,10+. The van der Waals surface area contributed by atoms with Crippen LogP contribution in [0.4, 0.5) is 0 Å². The molecule has 1 fully saturated rings. The van der Waals surface area contributed by atoms with Crippen LogP contribution >= 0.6 is 22.6 Å². The first-order valence-corrected chi connectivity index (χ1v) is 7.39. The Balaban J connectivity index is 2.32. The number of phenolic OH excluding ortho intramolecular Hbond substituents is 1. The average Bonchev–Trinajstić information content (AvgIpc) is 2.32. The Morgan fingerprint density at radius 3 is 2.56 bits per heavy atom. The molecule has 1 aromatic rings. The van der Waals surface area contributed by atoms with E-state index in [1.165, 1.54) is 6.42 Å². The lowest BCUT2D eigenvalue weighted by Gasteiger charge is -2.39. The van der Waals surface area contributed by atoms with Gasteiger partial charge >= 0.3 is 0 Å². The maximum absolute atomic E-state index is 12.6. The number of phenols is 1. The molecule has 1 aliphatic heterocycles. The van der Waals surface area contributed by atoms with Crippen LogP contribution in [0.1, 0.15) is 43.5 Å². The molecule has 1 aromatic carbocycles. The van der Waals surface area contributed by atoms with Crippen LogP contribution in [0.15, 0.2) is 18.2 Å². The van der Waals surface area contributed by atoms with Crippen molar-refractivity contribution >= 4 is 28.5 Å². The van der Waals surface area contributed by atoms with Crippen LogP contribution in [0.5, 0.6) is 5.75 Å². The molecule has 0 spiro atoms. The molecule has 2 atom stereocenters. The first kappa shape index (κ1) is 13.6. The summed E-state index contributed by atoms with van der Waals surface area (Å²) in [5.74, 6) is 0.0242. The predicted octanol–water partition coefficient (Wildman–Crippen LogP) is 3.40. The first-order valence-electron chi connectivity index (χ1n) is 6.32. The van der Waals surface area contributed by atoms with Crippen molar-refractivity contribution in [2.75, 3.05) is 0 Å². The summed E-state index contributed by atoms with van der Waals surface area (Å²) >= 11 is 2.15. The molecular formula is C14H18INO2. The summed E-state index contributed by atoms with van der Waals surface area (Å²) in [6.07, 6.45) is 3.26. The highest BCUT2D eigenvalue weighted by atomic mass is 127. The largest absolute Gasteiger partial charge is 0.507 e. The minimum Gasteiger partial charge on any atom is -0.507 e. The highest BCUT2D eigenvalue weighted by Crippen LogP contribution is 2.28. The van der Waals surface area contributed by atoms with Crippen LogP contribution in [0, 0.1) is 3.57 Å². The van der Waals surface area contributed by atoms with Crippen LogP contribution in [0.2, 0.25) is 0 Å². The molecule has 1 aliphatic rings. The molecule has 0 aliphatic carbocycles. The monoisotopic (exact) mass is 359 g/mol. The molecular weight excluding hydrogens is 341 g/mol. The van der Waals surface area contributed by atoms with Crippen molar-refractivity contribution in [2.24, 2.45) is 0 Å². The number of aromatic hydroxyl groups is 1. The van der Waals surface area contributed by atoms with Crippen LogP contribution in [-0.2, 0) is 0 Å². The number of nitrogens with zero attached hydrogens (tertiary/aromatic N) is 1. The number of hydrogen-bond donors (Lipinski definition) is 1. The van der Waals surface area contributed by atoms with Gasteiger partial charge in [-0.1, -0.05) is 0 Å². The summed E-state index contributed by atoms with van der Waals surface area (Å²) in [6, 6.07) is 5.65. The molecule has 98 valence electrons. The minimum atomic E-state index is -0.0503. The summed E-state index contributed by atoms with van der Waals surface area (Å²) in [5.41, 5.74) is 0.419. The van der Waals surface area contributed by atoms with Crippen LogP contribution in [0.25, 0.3) is 0 Å². The Kier molecular flexibility index (Phi) is 4.14. The smallest absolute Gasteiger partial charge is 0.258 e. The molecule has 1 heterocycles. The second kappa shape index (κ2) is 5.47. The quantitative estimate of drug-likeness (QED) is 0.781. The zero-order valence-corrected chi connectivity index (χ0v) is 12.8. The zero-order valence-electron chi connectivity index (χ0n) is 10.7. The van der Waals surface area contributed by atoms with Gasteiger partial charge < -0.3 is 10.0 Å². The number of carbonyl (C=O) groups is 1. The lowest BCUT2D eigenvalue weighted by Crippen LogP contribution is -2.47. The van der Waals surface area contributed by atoms with Gasteiger partial charge in [-0.3, -0.25) is 4.79 Å². The number of piperidine rings is 1. The van der Waals surface area contributed by atoms with Crippen molar-refractivity contribution in [1.29, 1.82) is 0 Å². The molecule has 0 saturated carbocycles. The number of rotatable bonds is 1. The fourth-order valence-corrected chi connectivity index (χ4v) is 3.13. The zero-order chi connectivity index (χ0) is 13.3. The SMILES string of the molecule is C[C@@H]1CCC[C@H](C)N1C(=O)c1cc(I)ccc1O. The number of amides is 1. The van der Waals surface area contributed by atoms with Crippen molar-refractivity contribution in [1.82, 2.24) is 4.90 Å². The van der Waals surface area contributed by atoms with E-state index >= 15 is 0 Å². The molecule has 1 saturated heterocycles. The Morgan fingerprint density at radius 2 is 1.94 bits per heavy atom. The molecule has 0 aromatic heterocycles. The molecule has 2 rings (SSSR count). The maximum Gasteiger partial charge on any atom is 0.258 e. The van der Waals surface area contributed by atoms with Crippen LogP contribution < -0.4 is 0 Å². The van der Waals surface area contributed by atoms with Gasteiger partial charge in [0, 0.05) is 15.7 Å². The van der Waals surface area contributed by atoms with E-state index in [4.69, 9.17) is 0 Å². The van der Waals surface area contributed by atoms with E-state index in [0.29, 0.717) is 5.56 Å². The van der Waals surface area contributed by atoms with Gasteiger partial charge in [-0.25, -0.2) is 0 Å². The average molecular weight is 359 g/mol. The summed E-state index contributed by atoms with van der Waals surface area (Å²) in [7, 11) is 0. The third-order valence-corrected chi connectivity index (χ3v) is 4.29. The van der Waals surface area contributed by atoms with Gasteiger partial charge in [0.1, 0.15) is 5.75 Å². The molecule has 3 nitrogen and oxygen atoms in total. The molecule has 1 amide bonds. The van der Waals surface area contributed by atoms with Crippen LogP contribution in [0.3, 0.4) is 0 Å². The Bertz CT molecular complexity index is 451. The van der Waals surface area contributed by atoms with Gasteiger partial charge in [-0.05, 0) is 73.9 Å². The topological polar surface area (TPSA) is 40.5 Å².